The maximum Gasteiger partial charge on any atom is 0.194 e. The average molecular weight is 300 g/mol. The van der Waals surface area contributed by atoms with E-state index in [1.54, 1.807) is 0 Å². The van der Waals surface area contributed by atoms with Gasteiger partial charge >= 0.3 is 0 Å². The zero-order valence-corrected chi connectivity index (χ0v) is 12.5. The lowest BCUT2D eigenvalue weighted by Gasteiger charge is -2.32. The third-order valence-corrected chi connectivity index (χ3v) is 4.05. The normalized spacial score (nSPS) is 17.3. The Morgan fingerprint density at radius 3 is 2.33 bits per heavy atom. The highest BCUT2D eigenvalue weighted by molar-refractivity contribution is 5.19. The summed E-state index contributed by atoms with van der Waals surface area (Å²) in [4.78, 5) is 2.46. The molecule has 0 aliphatic carbocycles. The van der Waals surface area contributed by atoms with Gasteiger partial charge in [-0.2, -0.15) is 0 Å². The van der Waals surface area contributed by atoms with Crippen molar-refractivity contribution in [1.29, 1.82) is 0 Å². The fourth-order valence-corrected chi connectivity index (χ4v) is 2.71. The van der Waals surface area contributed by atoms with Gasteiger partial charge in [-0.05, 0) is 56.6 Å². The highest BCUT2D eigenvalue weighted by Gasteiger charge is 2.18. The Balaban J connectivity index is 1.77. The molecule has 1 aliphatic rings. The molecule has 1 aromatic carbocycles. The van der Waals surface area contributed by atoms with Crippen LogP contribution in [0.3, 0.4) is 0 Å². The molecule has 0 radical (unpaired) electrons. The summed E-state index contributed by atoms with van der Waals surface area (Å²) in [5.74, 6) is -3.65. The third-order valence-electron chi connectivity index (χ3n) is 4.05. The van der Waals surface area contributed by atoms with Crippen LogP contribution in [-0.2, 0) is 6.54 Å². The zero-order valence-electron chi connectivity index (χ0n) is 12.5. The maximum atomic E-state index is 13.1. The number of piperidine rings is 1. The van der Waals surface area contributed by atoms with E-state index in [2.05, 4.69) is 17.1 Å². The highest BCUT2D eigenvalue weighted by atomic mass is 19.2. The molecule has 0 amide bonds. The summed E-state index contributed by atoms with van der Waals surface area (Å²) in [5, 5.41) is 3.31. The molecule has 1 saturated heterocycles. The van der Waals surface area contributed by atoms with E-state index in [4.69, 9.17) is 0 Å². The van der Waals surface area contributed by atoms with E-state index in [-0.39, 0.29) is 0 Å². The molecule has 1 fully saturated rings. The first-order valence-electron chi connectivity index (χ1n) is 7.69. The fourth-order valence-electron chi connectivity index (χ4n) is 2.71. The van der Waals surface area contributed by atoms with Crippen molar-refractivity contribution in [3.05, 3.63) is 35.1 Å². The van der Waals surface area contributed by atoms with Crippen LogP contribution in [0, 0.1) is 17.5 Å². The number of rotatable bonds is 6. The molecule has 0 saturated carbocycles. The van der Waals surface area contributed by atoms with Crippen molar-refractivity contribution in [2.75, 3.05) is 19.6 Å². The molecule has 1 aromatic rings. The lowest BCUT2D eigenvalue weighted by molar-refractivity contribution is 0.195. The van der Waals surface area contributed by atoms with E-state index < -0.39 is 17.5 Å². The Bertz CT molecular complexity index is 434. The second-order valence-electron chi connectivity index (χ2n) is 5.72. The van der Waals surface area contributed by atoms with Gasteiger partial charge in [0.25, 0.3) is 0 Å². The lowest BCUT2D eigenvalue weighted by Crippen LogP contribution is -2.42. The summed E-state index contributed by atoms with van der Waals surface area (Å²) in [6.07, 6.45) is 4.51. The summed E-state index contributed by atoms with van der Waals surface area (Å²) >= 11 is 0. The van der Waals surface area contributed by atoms with Gasteiger partial charge < -0.3 is 10.2 Å². The van der Waals surface area contributed by atoms with Crippen LogP contribution in [0.1, 0.15) is 38.2 Å². The van der Waals surface area contributed by atoms with Gasteiger partial charge in [0.05, 0.1) is 0 Å². The van der Waals surface area contributed by atoms with Crippen molar-refractivity contribution in [2.45, 2.75) is 45.2 Å². The quantitative estimate of drug-likeness (QED) is 0.809. The number of benzene rings is 1. The van der Waals surface area contributed by atoms with Crippen LogP contribution in [0.25, 0.3) is 0 Å². The van der Waals surface area contributed by atoms with Gasteiger partial charge in [0.15, 0.2) is 17.5 Å². The van der Waals surface area contributed by atoms with E-state index in [9.17, 15) is 13.2 Å². The van der Waals surface area contributed by atoms with Crippen molar-refractivity contribution in [2.24, 2.45) is 0 Å². The first-order valence-corrected chi connectivity index (χ1v) is 7.69. The molecule has 2 nitrogen and oxygen atoms in total. The van der Waals surface area contributed by atoms with E-state index in [0.717, 1.165) is 44.6 Å². The van der Waals surface area contributed by atoms with Crippen LogP contribution < -0.4 is 5.32 Å². The molecule has 0 aromatic heterocycles. The highest BCUT2D eigenvalue weighted by Crippen LogP contribution is 2.15. The predicted octanol–water partition coefficient (Wildman–Crippen LogP) is 3.46. The van der Waals surface area contributed by atoms with Crippen molar-refractivity contribution >= 4 is 0 Å². The second-order valence-corrected chi connectivity index (χ2v) is 5.72. The van der Waals surface area contributed by atoms with Gasteiger partial charge in [-0.3, -0.25) is 0 Å². The molecule has 21 heavy (non-hydrogen) atoms. The number of nitrogens with one attached hydrogen (secondary N) is 1. The van der Waals surface area contributed by atoms with E-state index in [1.165, 1.54) is 12.8 Å². The maximum absolute atomic E-state index is 13.1. The molecule has 1 N–H and O–H groups in total. The van der Waals surface area contributed by atoms with Crippen LogP contribution in [-0.4, -0.2) is 30.6 Å². The molecule has 0 unspecified atom stereocenters. The monoisotopic (exact) mass is 300 g/mol. The largest absolute Gasteiger partial charge is 0.310 e. The number of nitrogens with zero attached hydrogens (tertiary/aromatic N) is 1. The minimum atomic E-state index is -1.40. The summed E-state index contributed by atoms with van der Waals surface area (Å²) in [6.45, 7) is 5.83. The summed E-state index contributed by atoms with van der Waals surface area (Å²) in [7, 11) is 0. The number of unbranched alkanes of at least 4 members (excludes halogenated alkanes) is 1. The van der Waals surface area contributed by atoms with E-state index in [0.29, 0.717) is 18.2 Å². The Morgan fingerprint density at radius 2 is 1.76 bits per heavy atom. The summed E-state index contributed by atoms with van der Waals surface area (Å²) in [6, 6.07) is 2.47. The van der Waals surface area contributed by atoms with Crippen molar-refractivity contribution < 1.29 is 13.2 Å². The number of hydrogen-bond acceptors (Lipinski definition) is 2. The van der Waals surface area contributed by atoms with Crippen molar-refractivity contribution in [3.63, 3.8) is 0 Å². The molecular weight excluding hydrogens is 277 g/mol. The van der Waals surface area contributed by atoms with Crippen molar-refractivity contribution in [3.8, 4) is 0 Å². The number of likely N-dealkylation sites (tertiary alicyclic amines) is 1. The van der Waals surface area contributed by atoms with Gasteiger partial charge in [-0.1, -0.05) is 13.3 Å². The van der Waals surface area contributed by atoms with Crippen LogP contribution in [0.15, 0.2) is 12.1 Å². The predicted molar refractivity (Wildman–Crippen MR) is 77.5 cm³/mol. The Hall–Kier alpha value is -1.07. The van der Waals surface area contributed by atoms with Gasteiger partial charge in [0, 0.05) is 12.6 Å². The SMILES string of the molecule is CCCCN1CCC(NCc2cc(F)c(F)c(F)c2)CC1. The molecule has 118 valence electrons. The first-order chi connectivity index (χ1) is 10.1. The van der Waals surface area contributed by atoms with Crippen LogP contribution in [0.4, 0.5) is 13.2 Å². The number of halogens is 3. The minimum absolute atomic E-state index is 0.360. The molecule has 0 spiro atoms. The molecule has 1 aliphatic heterocycles. The smallest absolute Gasteiger partial charge is 0.194 e. The van der Waals surface area contributed by atoms with Gasteiger partial charge in [0.1, 0.15) is 0 Å². The Kier molecular flexibility index (Phi) is 6.06. The number of hydrogen-bond donors (Lipinski definition) is 1. The van der Waals surface area contributed by atoms with Crippen LogP contribution in [0.2, 0.25) is 0 Å². The molecular formula is C16H23F3N2. The van der Waals surface area contributed by atoms with Gasteiger partial charge in [-0.25, -0.2) is 13.2 Å². The van der Waals surface area contributed by atoms with Crippen molar-refractivity contribution in [1.82, 2.24) is 10.2 Å². The first kappa shape index (κ1) is 16.3. The lowest BCUT2D eigenvalue weighted by atomic mass is 10.0. The zero-order chi connectivity index (χ0) is 15.2. The fraction of sp³-hybridized carbons (Fsp3) is 0.625. The minimum Gasteiger partial charge on any atom is -0.310 e. The molecule has 5 heteroatoms. The summed E-state index contributed by atoms with van der Waals surface area (Å²) < 4.78 is 39.1. The summed E-state index contributed by atoms with van der Waals surface area (Å²) in [5.41, 5.74) is 0.444. The van der Waals surface area contributed by atoms with E-state index >= 15 is 0 Å². The molecule has 1 heterocycles. The van der Waals surface area contributed by atoms with Crippen LogP contribution >= 0.6 is 0 Å². The molecule has 0 atom stereocenters. The Labute approximate surface area is 124 Å². The van der Waals surface area contributed by atoms with Crippen LogP contribution in [0.5, 0.6) is 0 Å². The topological polar surface area (TPSA) is 15.3 Å². The second kappa shape index (κ2) is 7.80. The van der Waals surface area contributed by atoms with Gasteiger partial charge in [-0.15, -0.1) is 0 Å². The average Bonchev–Trinajstić information content (AvgIpc) is 2.49. The van der Waals surface area contributed by atoms with E-state index in [1.807, 2.05) is 0 Å². The molecule has 2 rings (SSSR count). The van der Waals surface area contributed by atoms with Gasteiger partial charge in [0.2, 0.25) is 0 Å². The third kappa shape index (κ3) is 4.71. The standard InChI is InChI=1S/C16H23F3N2/c1-2-3-6-21-7-4-13(5-8-21)20-11-12-9-14(17)16(19)15(18)10-12/h9-10,13,20H,2-8,11H2,1H3. The molecule has 0 bridgehead atoms. The Morgan fingerprint density at radius 1 is 1.14 bits per heavy atom.